The number of alkyl halides is 3. The van der Waals surface area contributed by atoms with Gasteiger partial charge in [-0.2, -0.15) is 0 Å². The monoisotopic (exact) mass is 308 g/mol. The summed E-state index contributed by atoms with van der Waals surface area (Å²) in [6, 6.07) is 0. The number of rotatable bonds is 1. The molecule has 0 aromatic carbocycles. The summed E-state index contributed by atoms with van der Waals surface area (Å²) in [5.41, 5.74) is 0. The molecular weight excluding hydrogens is 304 g/mol. The lowest BCUT2D eigenvalue weighted by Crippen LogP contribution is -2.21. The number of hydrogen-bond donors (Lipinski definition) is 1. The van der Waals surface area contributed by atoms with Crippen molar-refractivity contribution < 1.29 is 5.11 Å². The number of halogens is 3. The number of aliphatic hydroxyl groups excluding tert-OH is 1. The van der Waals surface area contributed by atoms with E-state index in [4.69, 9.17) is 5.11 Å². The average molecular weight is 311 g/mol. The fourth-order valence-corrected chi connectivity index (χ4v) is 1.20. The second-order valence-corrected chi connectivity index (χ2v) is 8.41. The van der Waals surface area contributed by atoms with Crippen molar-refractivity contribution in [2.75, 3.05) is 0 Å². The fourth-order valence-electron chi connectivity index (χ4n) is 0.231. The van der Waals surface area contributed by atoms with Crippen LogP contribution < -0.4 is 0 Å². The molecular formula is C4H7Br3O. The Labute approximate surface area is 74.2 Å². The molecule has 1 N–H and O–H groups in total. The lowest BCUT2D eigenvalue weighted by atomic mass is 10.3. The largest absolute Gasteiger partial charge is 0.390 e. The van der Waals surface area contributed by atoms with Gasteiger partial charge in [0.05, 0.1) is 6.10 Å². The van der Waals surface area contributed by atoms with Crippen LogP contribution in [-0.2, 0) is 0 Å². The Morgan fingerprint density at radius 2 is 1.88 bits per heavy atom. The molecule has 0 saturated carbocycles. The van der Waals surface area contributed by atoms with E-state index in [0.29, 0.717) is 6.42 Å². The molecule has 0 aliphatic rings. The molecule has 0 aliphatic heterocycles. The zero-order valence-electron chi connectivity index (χ0n) is 4.37. The Balaban J connectivity index is 3.62. The van der Waals surface area contributed by atoms with Crippen molar-refractivity contribution in [1.82, 2.24) is 0 Å². The highest BCUT2D eigenvalue weighted by molar-refractivity contribution is 9.39. The van der Waals surface area contributed by atoms with Gasteiger partial charge >= 0.3 is 0 Å². The third-order valence-corrected chi connectivity index (χ3v) is 2.35. The van der Waals surface area contributed by atoms with Crippen molar-refractivity contribution in [3.05, 3.63) is 0 Å². The first-order chi connectivity index (χ1) is 3.48. The summed E-state index contributed by atoms with van der Waals surface area (Å²) in [5, 5.41) is 9.05. The van der Waals surface area contributed by atoms with Crippen LogP contribution in [0.25, 0.3) is 0 Å². The second-order valence-electron chi connectivity index (χ2n) is 1.47. The van der Waals surface area contributed by atoms with Crippen LogP contribution in [0.2, 0.25) is 0 Å². The Morgan fingerprint density at radius 3 is 1.88 bits per heavy atom. The topological polar surface area (TPSA) is 20.2 Å². The first-order valence-corrected chi connectivity index (χ1v) is 4.61. The van der Waals surface area contributed by atoms with Crippen LogP contribution in [0.3, 0.4) is 0 Å². The Hall–Kier alpha value is 1.40. The minimum atomic E-state index is -0.498. The van der Waals surface area contributed by atoms with Crippen LogP contribution in [0.15, 0.2) is 0 Å². The third-order valence-electron chi connectivity index (χ3n) is 0.765. The summed E-state index contributed by atoms with van der Waals surface area (Å²) in [6.07, 6.45) is 0.310. The maximum atomic E-state index is 9.05. The molecule has 0 fully saturated rings. The van der Waals surface area contributed by atoms with Crippen LogP contribution in [0.4, 0.5) is 0 Å². The van der Waals surface area contributed by atoms with E-state index in [1.54, 1.807) is 0 Å². The van der Waals surface area contributed by atoms with Crippen molar-refractivity contribution in [2.24, 2.45) is 0 Å². The standard InChI is InChI=1S/C4H7Br3O/c1-2-3(8)4(5,6)7/h3,8H,2H2,1H3. The lowest BCUT2D eigenvalue weighted by molar-refractivity contribution is 0.185. The Morgan fingerprint density at radius 1 is 1.50 bits per heavy atom. The average Bonchev–Trinajstić information content (AvgIpc) is 1.62. The van der Waals surface area contributed by atoms with Crippen molar-refractivity contribution in [2.45, 2.75) is 21.6 Å². The van der Waals surface area contributed by atoms with Gasteiger partial charge in [0.2, 0.25) is 0 Å². The number of hydrogen-bond acceptors (Lipinski definition) is 1. The van der Waals surface area contributed by atoms with E-state index in [9.17, 15) is 0 Å². The maximum Gasteiger partial charge on any atom is 0.160 e. The molecule has 0 spiro atoms. The van der Waals surface area contributed by atoms with Crippen LogP contribution in [-0.4, -0.2) is 13.4 Å². The predicted octanol–water partition coefficient (Wildman–Crippen LogP) is 2.60. The van der Waals surface area contributed by atoms with Crippen molar-refractivity contribution in [1.29, 1.82) is 0 Å². The molecule has 0 rings (SSSR count). The van der Waals surface area contributed by atoms with Gasteiger partial charge in [-0.05, 0) is 6.42 Å². The summed E-state index contributed by atoms with van der Waals surface area (Å²) in [7, 11) is 0. The molecule has 1 nitrogen and oxygen atoms in total. The highest BCUT2D eigenvalue weighted by Crippen LogP contribution is 2.37. The van der Waals surface area contributed by atoms with Crippen molar-refractivity contribution in [3.63, 3.8) is 0 Å². The molecule has 0 aromatic heterocycles. The molecule has 0 saturated heterocycles. The highest BCUT2D eigenvalue weighted by Gasteiger charge is 2.26. The van der Waals surface area contributed by atoms with Gasteiger partial charge in [0, 0.05) is 0 Å². The lowest BCUT2D eigenvalue weighted by Gasteiger charge is -2.17. The molecule has 0 bridgehead atoms. The van der Waals surface area contributed by atoms with Gasteiger partial charge in [-0.3, -0.25) is 0 Å². The molecule has 8 heavy (non-hydrogen) atoms. The quantitative estimate of drug-likeness (QED) is 0.738. The molecule has 0 heterocycles. The van der Waals surface area contributed by atoms with Crippen LogP contribution in [0, 0.1) is 0 Å². The Bertz CT molecular complexity index is 68.2. The molecule has 0 aliphatic carbocycles. The van der Waals surface area contributed by atoms with E-state index >= 15 is 0 Å². The van der Waals surface area contributed by atoms with Gasteiger partial charge in [0.1, 0.15) is 0 Å². The minimum Gasteiger partial charge on any atom is -0.390 e. The molecule has 1 unspecified atom stereocenters. The van der Waals surface area contributed by atoms with Crippen LogP contribution >= 0.6 is 47.8 Å². The molecule has 0 amide bonds. The molecule has 1 atom stereocenters. The normalized spacial score (nSPS) is 16.1. The molecule has 0 radical (unpaired) electrons. The summed E-state index contributed by atoms with van der Waals surface area (Å²) < 4.78 is -0.498. The van der Waals surface area contributed by atoms with Gasteiger partial charge in [-0.15, -0.1) is 0 Å². The number of aliphatic hydroxyl groups is 1. The van der Waals surface area contributed by atoms with E-state index in [-0.39, 0.29) is 0 Å². The first-order valence-electron chi connectivity index (χ1n) is 2.23. The summed E-state index contributed by atoms with van der Waals surface area (Å²) in [4.78, 5) is 0. The van der Waals surface area contributed by atoms with Crippen molar-refractivity contribution >= 4 is 47.8 Å². The van der Waals surface area contributed by atoms with Gasteiger partial charge in [0.15, 0.2) is 2.14 Å². The maximum absolute atomic E-state index is 9.05. The highest BCUT2D eigenvalue weighted by atomic mass is 80.0. The third kappa shape index (κ3) is 3.43. The van der Waals surface area contributed by atoms with E-state index in [0.717, 1.165) is 0 Å². The fraction of sp³-hybridized carbons (Fsp3) is 1.00. The predicted molar refractivity (Wildman–Crippen MR) is 45.8 cm³/mol. The van der Waals surface area contributed by atoms with E-state index < -0.39 is 8.25 Å². The van der Waals surface area contributed by atoms with Gasteiger partial charge in [-0.1, -0.05) is 54.7 Å². The van der Waals surface area contributed by atoms with Gasteiger partial charge in [-0.25, -0.2) is 0 Å². The second kappa shape index (κ2) is 3.54. The van der Waals surface area contributed by atoms with Gasteiger partial charge < -0.3 is 5.11 Å². The van der Waals surface area contributed by atoms with E-state index in [2.05, 4.69) is 47.8 Å². The molecule has 0 aromatic rings. The van der Waals surface area contributed by atoms with E-state index in [1.165, 1.54) is 0 Å². The minimum absolute atomic E-state index is 0.400. The van der Waals surface area contributed by atoms with Gasteiger partial charge in [0.25, 0.3) is 0 Å². The summed E-state index contributed by atoms with van der Waals surface area (Å²) >= 11 is 9.56. The molecule has 4 heteroatoms. The summed E-state index contributed by atoms with van der Waals surface area (Å²) in [5.74, 6) is 0. The van der Waals surface area contributed by atoms with E-state index in [1.807, 2.05) is 6.92 Å². The zero-order valence-corrected chi connectivity index (χ0v) is 9.12. The SMILES string of the molecule is CCC(O)C(Br)(Br)Br. The summed E-state index contributed by atoms with van der Waals surface area (Å²) in [6.45, 7) is 1.91. The molecule has 50 valence electrons. The zero-order chi connectivity index (χ0) is 6.78. The smallest absolute Gasteiger partial charge is 0.160 e. The Kier molecular flexibility index (Phi) is 4.16. The van der Waals surface area contributed by atoms with Crippen molar-refractivity contribution in [3.8, 4) is 0 Å². The first kappa shape index (κ1) is 9.40. The van der Waals surface area contributed by atoms with Crippen LogP contribution in [0.1, 0.15) is 13.3 Å². The van der Waals surface area contributed by atoms with Crippen LogP contribution in [0.5, 0.6) is 0 Å².